The van der Waals surface area contributed by atoms with E-state index in [4.69, 9.17) is 21.1 Å². The Morgan fingerprint density at radius 3 is 2.38 bits per heavy atom. The fourth-order valence-electron chi connectivity index (χ4n) is 2.92. The van der Waals surface area contributed by atoms with Crippen molar-refractivity contribution in [3.8, 4) is 11.5 Å². The fraction of sp³-hybridized carbons (Fsp3) is 0.333. The van der Waals surface area contributed by atoms with Crippen molar-refractivity contribution in [3.05, 3.63) is 64.9 Å². The Labute approximate surface area is 156 Å². The van der Waals surface area contributed by atoms with Gasteiger partial charge in [-0.2, -0.15) is 0 Å². The van der Waals surface area contributed by atoms with Crippen LogP contribution in [-0.2, 0) is 6.54 Å². The molecule has 4 N–H and O–H groups in total. The lowest BCUT2D eigenvalue weighted by Gasteiger charge is -2.19. The molecule has 0 heterocycles. The first-order chi connectivity index (χ1) is 12.3. The van der Waals surface area contributed by atoms with E-state index in [1.165, 1.54) is 5.56 Å². The molecule has 0 spiro atoms. The van der Waals surface area contributed by atoms with Gasteiger partial charge in [0.1, 0.15) is 11.5 Å². The zero-order chi connectivity index (χ0) is 19.3. The predicted molar refractivity (Wildman–Crippen MR) is 107 cm³/mol. The number of aryl methyl sites for hydroxylation is 1. The summed E-state index contributed by atoms with van der Waals surface area (Å²) in [6, 6.07) is 12.1. The smallest absolute Gasteiger partial charge is 0.131 e. The van der Waals surface area contributed by atoms with E-state index in [-0.39, 0.29) is 0 Å². The second-order valence-corrected chi connectivity index (χ2v) is 6.69. The summed E-state index contributed by atoms with van der Waals surface area (Å²) in [4.78, 5) is 0. The molecule has 0 aliphatic heterocycles. The van der Waals surface area contributed by atoms with Crippen molar-refractivity contribution in [3.63, 3.8) is 0 Å². The zero-order valence-electron chi connectivity index (χ0n) is 16.2. The fourth-order valence-corrected chi connectivity index (χ4v) is 2.92. The molecule has 5 nitrogen and oxygen atoms in total. The molecule has 0 saturated heterocycles. The molecule has 0 fully saturated rings. The molecule has 0 atom stereocenters. The molecule has 0 amide bonds. The van der Waals surface area contributed by atoms with E-state index < -0.39 is 0 Å². The Balaban J connectivity index is 2.33. The van der Waals surface area contributed by atoms with Crippen LogP contribution in [0.15, 0.2) is 42.6 Å². The van der Waals surface area contributed by atoms with Crippen molar-refractivity contribution in [2.24, 2.45) is 11.6 Å². The van der Waals surface area contributed by atoms with Gasteiger partial charge in [-0.3, -0.25) is 0 Å². The van der Waals surface area contributed by atoms with E-state index in [2.05, 4.69) is 32.9 Å². The second kappa shape index (κ2) is 8.63. The number of ether oxygens (including phenoxy) is 2. The third-order valence-electron chi connectivity index (χ3n) is 4.24. The van der Waals surface area contributed by atoms with Gasteiger partial charge in [0.15, 0.2) is 0 Å². The van der Waals surface area contributed by atoms with Crippen molar-refractivity contribution in [1.29, 1.82) is 0 Å². The molecule has 0 aromatic heterocycles. The minimum absolute atomic E-state index is 0.295. The molecule has 0 unspecified atom stereocenters. The molecule has 0 radical (unpaired) electrons. The van der Waals surface area contributed by atoms with Crippen molar-refractivity contribution in [2.45, 2.75) is 33.2 Å². The van der Waals surface area contributed by atoms with Gasteiger partial charge in [-0.25, -0.2) is 5.84 Å². The number of rotatable bonds is 7. The Kier molecular flexibility index (Phi) is 6.52. The SMILES string of the molecule is COc1cc(OC)c(C(C)C)cc1/C(N)=C/N(N)Cc1cccc(C)c1. The predicted octanol–water partition coefficient (Wildman–Crippen LogP) is 3.77. The van der Waals surface area contributed by atoms with E-state index in [1.54, 1.807) is 25.4 Å². The normalized spacial score (nSPS) is 11.6. The summed E-state index contributed by atoms with van der Waals surface area (Å²) in [5, 5.41) is 1.59. The molecule has 5 heteroatoms. The minimum atomic E-state index is 0.295. The number of methoxy groups -OCH3 is 2. The number of hydrogen-bond acceptors (Lipinski definition) is 5. The van der Waals surface area contributed by atoms with Crippen LogP contribution in [0.1, 0.15) is 42.0 Å². The first-order valence-electron chi connectivity index (χ1n) is 8.66. The highest BCUT2D eigenvalue weighted by Gasteiger charge is 2.15. The standard InChI is InChI=1S/C21H29N3O2/c1-14(2)17-10-18(21(26-5)11-20(17)25-4)19(22)13-24(23)12-16-8-6-7-15(3)9-16/h6-11,13-14H,12,22-23H2,1-5H3/b19-13-. The summed E-state index contributed by atoms with van der Waals surface area (Å²) in [7, 11) is 3.27. The van der Waals surface area contributed by atoms with Crippen LogP contribution in [0.25, 0.3) is 5.70 Å². The van der Waals surface area contributed by atoms with Crippen LogP contribution in [0, 0.1) is 6.92 Å². The second-order valence-electron chi connectivity index (χ2n) is 6.69. The van der Waals surface area contributed by atoms with Gasteiger partial charge in [0.2, 0.25) is 0 Å². The largest absolute Gasteiger partial charge is 0.496 e. The lowest BCUT2D eigenvalue weighted by atomic mass is 9.97. The maximum atomic E-state index is 6.34. The first-order valence-corrected chi connectivity index (χ1v) is 8.66. The van der Waals surface area contributed by atoms with Crippen LogP contribution < -0.4 is 21.1 Å². The average molecular weight is 355 g/mol. The van der Waals surface area contributed by atoms with Gasteiger partial charge in [-0.1, -0.05) is 43.7 Å². The van der Waals surface area contributed by atoms with E-state index in [9.17, 15) is 0 Å². The summed E-state index contributed by atoms with van der Waals surface area (Å²) in [5.74, 6) is 7.89. The summed E-state index contributed by atoms with van der Waals surface area (Å²) in [6.45, 7) is 6.85. The van der Waals surface area contributed by atoms with Gasteiger partial charge in [0.25, 0.3) is 0 Å². The molecule has 0 bridgehead atoms. The molecule has 26 heavy (non-hydrogen) atoms. The maximum Gasteiger partial charge on any atom is 0.131 e. The van der Waals surface area contributed by atoms with E-state index in [0.29, 0.717) is 23.9 Å². The molecule has 0 aliphatic carbocycles. The first kappa shape index (κ1) is 19.7. The van der Waals surface area contributed by atoms with Crippen molar-refractivity contribution < 1.29 is 9.47 Å². The highest BCUT2D eigenvalue weighted by molar-refractivity contribution is 5.70. The lowest BCUT2D eigenvalue weighted by molar-refractivity contribution is 0.384. The molecule has 0 saturated carbocycles. The highest BCUT2D eigenvalue weighted by atomic mass is 16.5. The van der Waals surface area contributed by atoms with Crippen molar-refractivity contribution >= 4 is 5.70 Å². The van der Waals surface area contributed by atoms with Crippen LogP contribution in [0.4, 0.5) is 0 Å². The van der Waals surface area contributed by atoms with Crippen LogP contribution in [0.5, 0.6) is 11.5 Å². The Bertz CT molecular complexity index is 785. The highest BCUT2D eigenvalue weighted by Crippen LogP contribution is 2.35. The van der Waals surface area contributed by atoms with Crippen LogP contribution in [0.3, 0.4) is 0 Å². The molecular weight excluding hydrogens is 326 g/mol. The molecule has 0 aliphatic rings. The van der Waals surface area contributed by atoms with E-state index >= 15 is 0 Å². The number of nitrogens with two attached hydrogens (primary N) is 2. The van der Waals surface area contributed by atoms with Gasteiger partial charge in [0.05, 0.1) is 26.5 Å². The molecular formula is C21H29N3O2. The molecule has 140 valence electrons. The molecule has 2 aromatic rings. The third kappa shape index (κ3) is 4.70. The summed E-state index contributed by atoms with van der Waals surface area (Å²) < 4.78 is 11.0. The van der Waals surface area contributed by atoms with E-state index in [1.807, 2.05) is 24.3 Å². The minimum Gasteiger partial charge on any atom is -0.496 e. The van der Waals surface area contributed by atoms with Crippen molar-refractivity contribution in [1.82, 2.24) is 5.01 Å². The zero-order valence-corrected chi connectivity index (χ0v) is 16.2. The third-order valence-corrected chi connectivity index (χ3v) is 4.24. The molecule has 2 rings (SSSR count). The summed E-state index contributed by atoms with van der Waals surface area (Å²) in [6.07, 6.45) is 1.73. The lowest BCUT2D eigenvalue weighted by Crippen LogP contribution is -2.25. The van der Waals surface area contributed by atoms with Crippen LogP contribution in [-0.4, -0.2) is 19.2 Å². The quantitative estimate of drug-likeness (QED) is 0.584. The molecule has 2 aromatic carbocycles. The van der Waals surface area contributed by atoms with Gasteiger partial charge >= 0.3 is 0 Å². The number of hydrazine groups is 1. The Morgan fingerprint density at radius 2 is 1.81 bits per heavy atom. The Morgan fingerprint density at radius 1 is 1.12 bits per heavy atom. The number of nitrogens with zero attached hydrogens (tertiary/aromatic N) is 1. The van der Waals surface area contributed by atoms with Crippen LogP contribution in [0.2, 0.25) is 0 Å². The van der Waals surface area contributed by atoms with Gasteiger partial charge in [0, 0.05) is 17.8 Å². The summed E-state index contributed by atoms with van der Waals surface area (Å²) in [5.41, 5.74) is 11.1. The topological polar surface area (TPSA) is 73.7 Å². The average Bonchev–Trinajstić information content (AvgIpc) is 2.60. The van der Waals surface area contributed by atoms with Gasteiger partial charge in [-0.15, -0.1) is 0 Å². The Hall–Kier alpha value is -2.66. The number of benzene rings is 2. The van der Waals surface area contributed by atoms with Crippen LogP contribution >= 0.6 is 0 Å². The van der Waals surface area contributed by atoms with Gasteiger partial charge < -0.3 is 20.2 Å². The summed E-state index contributed by atoms with van der Waals surface area (Å²) >= 11 is 0. The number of hydrogen-bond donors (Lipinski definition) is 2. The monoisotopic (exact) mass is 355 g/mol. The van der Waals surface area contributed by atoms with E-state index in [0.717, 1.165) is 22.4 Å². The maximum absolute atomic E-state index is 6.34. The van der Waals surface area contributed by atoms with Crippen molar-refractivity contribution in [2.75, 3.05) is 14.2 Å². The van der Waals surface area contributed by atoms with Gasteiger partial charge in [-0.05, 0) is 30.0 Å².